The molecule has 3 heteroatoms. The second-order valence-electron chi connectivity index (χ2n) is 7.31. The summed E-state index contributed by atoms with van der Waals surface area (Å²) in [5.74, 6) is 0.821. The number of ether oxygens (including phenoxy) is 1. The molecule has 0 heterocycles. The molecule has 0 saturated carbocycles. The third-order valence-corrected chi connectivity index (χ3v) is 4.63. The number of hydrogen-bond acceptors (Lipinski definition) is 3. The Morgan fingerprint density at radius 3 is 2.54 bits per heavy atom. The second-order valence-corrected chi connectivity index (χ2v) is 7.31. The van der Waals surface area contributed by atoms with Crippen molar-refractivity contribution in [3.63, 3.8) is 0 Å². The Kier molecular flexibility index (Phi) is 7.24. The normalized spacial score (nSPS) is 13.1. The van der Waals surface area contributed by atoms with Gasteiger partial charge in [0.25, 0.3) is 0 Å². The number of nitrogens with one attached hydrogen (secondary N) is 1. The lowest BCUT2D eigenvalue weighted by Gasteiger charge is -2.15. The molecule has 3 nitrogen and oxygen atoms in total. The average molecular weight is 376 g/mol. The van der Waals surface area contributed by atoms with E-state index in [4.69, 9.17) is 4.74 Å². The fraction of sp³-hybridized carbons (Fsp3) is 0.280. The first-order valence-corrected chi connectivity index (χ1v) is 9.90. The lowest BCUT2D eigenvalue weighted by atomic mass is 10.1. The Labute approximate surface area is 167 Å². The van der Waals surface area contributed by atoms with E-state index in [-0.39, 0.29) is 0 Å². The lowest BCUT2D eigenvalue weighted by molar-refractivity contribution is 0.105. The number of rotatable bonds is 6. The third kappa shape index (κ3) is 5.69. The van der Waals surface area contributed by atoms with Gasteiger partial charge in [-0.15, -0.1) is 0 Å². The molecule has 1 aliphatic carbocycles. The summed E-state index contributed by atoms with van der Waals surface area (Å²) in [4.78, 5) is 0. The average Bonchev–Trinajstić information content (AvgIpc) is 3.20. The van der Waals surface area contributed by atoms with Crippen LogP contribution in [0.1, 0.15) is 25.0 Å². The highest BCUT2D eigenvalue weighted by Gasteiger charge is 2.07. The first-order valence-electron chi connectivity index (χ1n) is 9.90. The van der Waals surface area contributed by atoms with Crippen LogP contribution in [-0.4, -0.2) is 30.4 Å². The molecule has 3 aromatic rings. The molecule has 3 aromatic carbocycles. The van der Waals surface area contributed by atoms with Gasteiger partial charge in [0, 0.05) is 18.0 Å². The monoisotopic (exact) mass is 375 g/mol. The van der Waals surface area contributed by atoms with Crippen LogP contribution in [0.4, 0.5) is 0 Å². The van der Waals surface area contributed by atoms with Gasteiger partial charge in [-0.05, 0) is 29.0 Å². The predicted molar refractivity (Wildman–Crippen MR) is 118 cm³/mol. The fourth-order valence-electron chi connectivity index (χ4n) is 3.13. The van der Waals surface area contributed by atoms with Crippen molar-refractivity contribution in [3.8, 4) is 5.75 Å². The summed E-state index contributed by atoms with van der Waals surface area (Å²) in [7, 11) is 0. The molecule has 0 aliphatic heterocycles. The molecule has 0 bridgehead atoms. The van der Waals surface area contributed by atoms with E-state index in [9.17, 15) is 5.11 Å². The molecule has 1 unspecified atom stereocenters. The molecule has 28 heavy (non-hydrogen) atoms. The second kappa shape index (κ2) is 10.1. The maximum Gasteiger partial charge on any atom is 0.127 e. The van der Waals surface area contributed by atoms with Gasteiger partial charge in [-0.1, -0.05) is 86.7 Å². The van der Waals surface area contributed by atoms with E-state index in [2.05, 4.69) is 67.7 Å². The summed E-state index contributed by atoms with van der Waals surface area (Å²) >= 11 is 0. The van der Waals surface area contributed by atoms with Crippen LogP contribution >= 0.6 is 0 Å². The minimum Gasteiger partial charge on any atom is -0.490 e. The molecule has 4 rings (SSSR count). The van der Waals surface area contributed by atoms with E-state index in [1.54, 1.807) is 0 Å². The highest BCUT2D eigenvalue weighted by Crippen LogP contribution is 2.25. The van der Waals surface area contributed by atoms with Crippen LogP contribution in [0.5, 0.6) is 5.75 Å². The fourth-order valence-corrected chi connectivity index (χ4v) is 3.13. The number of fused-ring (bicyclic) bond motifs is 2. The maximum atomic E-state index is 9.84. The molecule has 0 radical (unpaired) electrons. The van der Waals surface area contributed by atoms with Crippen molar-refractivity contribution >= 4 is 16.8 Å². The van der Waals surface area contributed by atoms with Gasteiger partial charge in [0.2, 0.25) is 0 Å². The summed E-state index contributed by atoms with van der Waals surface area (Å²) < 4.78 is 5.72. The molecule has 0 amide bonds. The SMILES string of the molecule is C1=Cc2ccccc2C1.CC(C)NCC(O)COc1cccc2ccccc12. The Hall–Kier alpha value is -2.62. The van der Waals surface area contributed by atoms with E-state index < -0.39 is 6.10 Å². The predicted octanol–water partition coefficient (Wildman–Crippen LogP) is 4.83. The zero-order chi connectivity index (χ0) is 19.8. The minimum atomic E-state index is -0.499. The first kappa shape index (κ1) is 20.1. The number of aliphatic hydroxyl groups is 1. The molecular formula is C25H29NO2. The number of benzene rings is 3. The Morgan fingerprint density at radius 1 is 0.964 bits per heavy atom. The van der Waals surface area contributed by atoms with Gasteiger partial charge < -0.3 is 15.2 Å². The molecule has 1 atom stereocenters. The van der Waals surface area contributed by atoms with Crippen molar-refractivity contribution in [1.29, 1.82) is 0 Å². The van der Waals surface area contributed by atoms with Crippen molar-refractivity contribution in [2.75, 3.05) is 13.2 Å². The molecule has 0 aromatic heterocycles. The molecule has 1 aliphatic rings. The van der Waals surface area contributed by atoms with Gasteiger partial charge in [-0.25, -0.2) is 0 Å². The van der Waals surface area contributed by atoms with E-state index in [1.807, 2.05) is 30.3 Å². The molecule has 2 N–H and O–H groups in total. The Bertz CT molecular complexity index is 912. The highest BCUT2D eigenvalue weighted by atomic mass is 16.5. The summed E-state index contributed by atoms with van der Waals surface area (Å²) in [6.45, 7) is 4.95. The highest BCUT2D eigenvalue weighted by molar-refractivity contribution is 5.88. The lowest BCUT2D eigenvalue weighted by Crippen LogP contribution is -2.35. The van der Waals surface area contributed by atoms with Crippen LogP contribution in [0.15, 0.2) is 72.8 Å². The van der Waals surface area contributed by atoms with Crippen molar-refractivity contribution in [3.05, 3.63) is 83.9 Å². The van der Waals surface area contributed by atoms with Gasteiger partial charge >= 0.3 is 0 Å². The standard InChI is InChI=1S/C16H21NO2.C9H8/c1-12(2)17-10-14(18)11-19-16-9-5-7-13-6-3-4-8-15(13)16;1-2-5-9-7-3-6-8(9)4-1/h3-9,12,14,17-18H,10-11H2,1-2H3;1-6H,7H2. The largest absolute Gasteiger partial charge is 0.490 e. The first-order chi connectivity index (χ1) is 13.6. The topological polar surface area (TPSA) is 41.5 Å². The minimum absolute atomic E-state index is 0.299. The van der Waals surface area contributed by atoms with Gasteiger partial charge in [0.15, 0.2) is 0 Å². The maximum absolute atomic E-state index is 9.84. The van der Waals surface area contributed by atoms with Gasteiger partial charge in [-0.3, -0.25) is 0 Å². The number of allylic oxidation sites excluding steroid dienone is 1. The molecule has 146 valence electrons. The molecule has 0 fully saturated rings. The summed E-state index contributed by atoms with van der Waals surface area (Å²) in [5.41, 5.74) is 2.84. The summed E-state index contributed by atoms with van der Waals surface area (Å²) in [6, 6.07) is 22.9. The summed E-state index contributed by atoms with van der Waals surface area (Å²) in [5, 5.41) is 15.3. The van der Waals surface area contributed by atoms with Crippen LogP contribution in [-0.2, 0) is 6.42 Å². The van der Waals surface area contributed by atoms with Crippen molar-refractivity contribution < 1.29 is 9.84 Å². The smallest absolute Gasteiger partial charge is 0.127 e. The summed E-state index contributed by atoms with van der Waals surface area (Å²) in [6.07, 6.45) is 5.00. The van der Waals surface area contributed by atoms with E-state index in [0.717, 1.165) is 22.9 Å². The van der Waals surface area contributed by atoms with Crippen LogP contribution in [0.3, 0.4) is 0 Å². The van der Waals surface area contributed by atoms with E-state index in [0.29, 0.717) is 19.2 Å². The zero-order valence-electron chi connectivity index (χ0n) is 16.6. The van der Waals surface area contributed by atoms with E-state index in [1.165, 1.54) is 11.1 Å². The van der Waals surface area contributed by atoms with Crippen LogP contribution in [0, 0.1) is 0 Å². The van der Waals surface area contributed by atoms with E-state index >= 15 is 0 Å². The van der Waals surface area contributed by atoms with Gasteiger partial charge in [-0.2, -0.15) is 0 Å². The third-order valence-electron chi connectivity index (χ3n) is 4.63. The van der Waals surface area contributed by atoms with Crippen molar-refractivity contribution in [2.24, 2.45) is 0 Å². The van der Waals surface area contributed by atoms with Crippen LogP contribution in [0.25, 0.3) is 16.8 Å². The quantitative estimate of drug-likeness (QED) is 0.648. The van der Waals surface area contributed by atoms with Gasteiger partial charge in [0.05, 0.1) is 0 Å². The van der Waals surface area contributed by atoms with Crippen molar-refractivity contribution in [2.45, 2.75) is 32.4 Å². The molecule has 0 saturated heterocycles. The molecular weight excluding hydrogens is 346 g/mol. The van der Waals surface area contributed by atoms with Crippen molar-refractivity contribution in [1.82, 2.24) is 5.32 Å². The Balaban J connectivity index is 0.000000206. The van der Waals surface area contributed by atoms with Crippen LogP contribution < -0.4 is 10.1 Å². The number of hydrogen-bond donors (Lipinski definition) is 2. The Morgan fingerprint density at radius 2 is 1.71 bits per heavy atom. The van der Waals surface area contributed by atoms with Gasteiger partial charge in [0.1, 0.15) is 18.5 Å². The number of aliphatic hydroxyl groups excluding tert-OH is 1. The molecule has 0 spiro atoms. The van der Waals surface area contributed by atoms with Crippen LogP contribution in [0.2, 0.25) is 0 Å². The zero-order valence-corrected chi connectivity index (χ0v) is 16.6.